The van der Waals surface area contributed by atoms with Gasteiger partial charge in [0.05, 0.1) is 5.92 Å². The Morgan fingerprint density at radius 2 is 1.53 bits per heavy atom. The molecule has 0 aliphatic rings. The summed E-state index contributed by atoms with van der Waals surface area (Å²) in [5, 5.41) is 8.48. The van der Waals surface area contributed by atoms with Crippen molar-refractivity contribution in [2.75, 3.05) is 6.54 Å². The van der Waals surface area contributed by atoms with E-state index < -0.39 is 30.5 Å². The third-order valence-corrected chi connectivity index (χ3v) is 1.89. The SMILES string of the molecule is CC(C)C.CCN(C(=O)O)C(=O)C[C@@H](C)C(F)(F)F. The van der Waals surface area contributed by atoms with E-state index in [1.807, 2.05) is 0 Å². The molecule has 114 valence electrons. The molecule has 0 radical (unpaired) electrons. The Morgan fingerprint density at radius 3 is 1.74 bits per heavy atom. The van der Waals surface area contributed by atoms with Gasteiger partial charge in [0, 0.05) is 13.0 Å². The number of nitrogens with zero attached hydrogens (tertiary/aromatic N) is 1. The van der Waals surface area contributed by atoms with Crippen LogP contribution < -0.4 is 0 Å². The number of halogens is 3. The standard InChI is InChI=1S/C8H12F3NO3.C4H10/c1-3-12(7(14)15)6(13)4-5(2)8(9,10)11;1-4(2)3/h5H,3-4H2,1-2H3,(H,14,15);4H,1-3H3/t5-;/m1./s1. The summed E-state index contributed by atoms with van der Waals surface area (Å²) in [5.41, 5.74) is 0. The number of carboxylic acid groups (broad SMARTS) is 1. The van der Waals surface area contributed by atoms with E-state index in [0.29, 0.717) is 4.90 Å². The third kappa shape index (κ3) is 10.3. The van der Waals surface area contributed by atoms with Crippen molar-refractivity contribution in [3.8, 4) is 0 Å². The molecule has 0 spiro atoms. The Morgan fingerprint density at radius 1 is 1.16 bits per heavy atom. The number of amides is 2. The molecule has 0 aromatic rings. The van der Waals surface area contributed by atoms with Crippen LogP contribution in [0.5, 0.6) is 0 Å². The predicted molar refractivity (Wildman–Crippen MR) is 65.8 cm³/mol. The highest BCUT2D eigenvalue weighted by Crippen LogP contribution is 2.28. The van der Waals surface area contributed by atoms with E-state index in [1.165, 1.54) is 6.92 Å². The summed E-state index contributed by atoms with van der Waals surface area (Å²) in [4.78, 5) is 21.9. The smallest absolute Gasteiger partial charge is 0.414 e. The normalized spacial score (nSPS) is 12.5. The minimum absolute atomic E-state index is 0.154. The Kier molecular flexibility index (Phi) is 9.25. The Hall–Kier alpha value is -1.27. The molecule has 1 N–H and O–H groups in total. The minimum atomic E-state index is -4.48. The van der Waals surface area contributed by atoms with Crippen LogP contribution in [0.25, 0.3) is 0 Å². The van der Waals surface area contributed by atoms with Gasteiger partial charge in [0.1, 0.15) is 0 Å². The molecule has 7 heteroatoms. The van der Waals surface area contributed by atoms with Crippen LogP contribution in [0.4, 0.5) is 18.0 Å². The maximum atomic E-state index is 12.1. The highest BCUT2D eigenvalue weighted by Gasteiger charge is 2.38. The van der Waals surface area contributed by atoms with E-state index in [2.05, 4.69) is 20.8 Å². The number of carbonyl (C=O) groups is 2. The van der Waals surface area contributed by atoms with E-state index in [4.69, 9.17) is 5.11 Å². The highest BCUT2D eigenvalue weighted by atomic mass is 19.4. The minimum Gasteiger partial charge on any atom is -0.465 e. The van der Waals surface area contributed by atoms with Gasteiger partial charge in [0.15, 0.2) is 0 Å². The fraction of sp³-hybridized carbons (Fsp3) is 0.833. The number of hydrogen-bond donors (Lipinski definition) is 1. The maximum Gasteiger partial charge on any atom is 0.414 e. The molecule has 0 aliphatic heterocycles. The van der Waals surface area contributed by atoms with Crippen LogP contribution in [-0.2, 0) is 4.79 Å². The molecule has 0 aromatic heterocycles. The van der Waals surface area contributed by atoms with Gasteiger partial charge in [-0.05, 0) is 12.8 Å². The molecule has 0 aliphatic carbocycles. The van der Waals surface area contributed by atoms with Gasteiger partial charge in [-0.3, -0.25) is 4.79 Å². The Bertz CT molecular complexity index is 288. The van der Waals surface area contributed by atoms with Crippen molar-refractivity contribution >= 4 is 12.0 Å². The van der Waals surface area contributed by atoms with Gasteiger partial charge in [0.2, 0.25) is 5.91 Å². The topological polar surface area (TPSA) is 57.6 Å². The van der Waals surface area contributed by atoms with E-state index in [0.717, 1.165) is 12.8 Å². The molecule has 0 heterocycles. The maximum absolute atomic E-state index is 12.1. The van der Waals surface area contributed by atoms with Gasteiger partial charge in [-0.2, -0.15) is 13.2 Å². The van der Waals surface area contributed by atoms with Crippen molar-refractivity contribution in [1.29, 1.82) is 0 Å². The zero-order chi connectivity index (χ0) is 15.8. The van der Waals surface area contributed by atoms with E-state index in [1.54, 1.807) is 0 Å². The largest absolute Gasteiger partial charge is 0.465 e. The number of imide groups is 1. The monoisotopic (exact) mass is 285 g/mol. The van der Waals surface area contributed by atoms with Crippen molar-refractivity contribution < 1.29 is 27.9 Å². The summed E-state index contributed by atoms with van der Waals surface area (Å²) in [6, 6.07) is 0. The zero-order valence-electron chi connectivity index (χ0n) is 11.9. The van der Waals surface area contributed by atoms with Crippen LogP contribution >= 0.6 is 0 Å². The second-order valence-electron chi connectivity index (χ2n) is 4.80. The Labute approximate surface area is 111 Å². The fourth-order valence-electron chi connectivity index (χ4n) is 0.906. The lowest BCUT2D eigenvalue weighted by Crippen LogP contribution is -2.38. The second-order valence-corrected chi connectivity index (χ2v) is 4.80. The lowest BCUT2D eigenvalue weighted by Gasteiger charge is -2.19. The summed E-state index contributed by atoms with van der Waals surface area (Å²) in [7, 11) is 0. The molecule has 0 fully saturated rings. The first-order valence-corrected chi connectivity index (χ1v) is 6.03. The first kappa shape index (κ1) is 20.1. The van der Waals surface area contributed by atoms with Gasteiger partial charge >= 0.3 is 12.3 Å². The summed E-state index contributed by atoms with van der Waals surface area (Å²) in [6.07, 6.45) is -6.85. The molecular weight excluding hydrogens is 263 g/mol. The second kappa shape index (κ2) is 8.77. The van der Waals surface area contributed by atoms with Crippen molar-refractivity contribution in [2.45, 2.75) is 47.2 Å². The molecule has 1 atom stereocenters. The summed E-state index contributed by atoms with van der Waals surface area (Å²) < 4.78 is 36.2. The molecular formula is C12H22F3NO3. The predicted octanol–water partition coefficient (Wildman–Crippen LogP) is 3.76. The average molecular weight is 285 g/mol. The van der Waals surface area contributed by atoms with Crippen LogP contribution in [0, 0.1) is 11.8 Å². The van der Waals surface area contributed by atoms with Gasteiger partial charge in [-0.15, -0.1) is 0 Å². The molecule has 0 bridgehead atoms. The van der Waals surface area contributed by atoms with Gasteiger partial charge in [0.25, 0.3) is 0 Å². The number of rotatable bonds is 3. The number of hydrogen-bond acceptors (Lipinski definition) is 2. The molecule has 4 nitrogen and oxygen atoms in total. The van der Waals surface area contributed by atoms with E-state index >= 15 is 0 Å². The lowest BCUT2D eigenvalue weighted by molar-refractivity contribution is -0.176. The zero-order valence-corrected chi connectivity index (χ0v) is 11.9. The van der Waals surface area contributed by atoms with Crippen LogP contribution in [0.2, 0.25) is 0 Å². The Balaban J connectivity index is 0. The number of alkyl halides is 3. The molecule has 19 heavy (non-hydrogen) atoms. The average Bonchev–Trinajstić information content (AvgIpc) is 2.14. The molecule has 0 saturated heterocycles. The number of carbonyl (C=O) groups excluding carboxylic acids is 1. The molecule has 0 saturated carbocycles. The van der Waals surface area contributed by atoms with E-state index in [9.17, 15) is 22.8 Å². The first-order chi connectivity index (χ1) is 8.43. The van der Waals surface area contributed by atoms with Crippen LogP contribution in [0.15, 0.2) is 0 Å². The van der Waals surface area contributed by atoms with E-state index in [-0.39, 0.29) is 6.54 Å². The van der Waals surface area contributed by atoms with Crippen molar-refractivity contribution in [3.05, 3.63) is 0 Å². The molecule has 0 aromatic carbocycles. The molecule has 0 rings (SSSR count). The van der Waals surface area contributed by atoms with Gasteiger partial charge < -0.3 is 5.11 Å². The summed E-state index contributed by atoms with van der Waals surface area (Å²) in [6.45, 7) is 8.57. The van der Waals surface area contributed by atoms with Gasteiger partial charge in [-0.25, -0.2) is 9.69 Å². The third-order valence-electron chi connectivity index (χ3n) is 1.89. The van der Waals surface area contributed by atoms with Crippen molar-refractivity contribution in [1.82, 2.24) is 4.90 Å². The van der Waals surface area contributed by atoms with Gasteiger partial charge in [-0.1, -0.05) is 27.7 Å². The lowest BCUT2D eigenvalue weighted by atomic mass is 10.1. The van der Waals surface area contributed by atoms with Crippen molar-refractivity contribution in [3.63, 3.8) is 0 Å². The summed E-state index contributed by atoms with van der Waals surface area (Å²) in [5.74, 6) is -2.03. The van der Waals surface area contributed by atoms with Crippen LogP contribution in [0.1, 0.15) is 41.0 Å². The summed E-state index contributed by atoms with van der Waals surface area (Å²) >= 11 is 0. The van der Waals surface area contributed by atoms with Crippen LogP contribution in [0.3, 0.4) is 0 Å². The molecule has 2 amide bonds. The molecule has 0 unspecified atom stereocenters. The quantitative estimate of drug-likeness (QED) is 0.858. The fourth-order valence-corrected chi connectivity index (χ4v) is 0.906. The first-order valence-electron chi connectivity index (χ1n) is 6.03. The van der Waals surface area contributed by atoms with Crippen LogP contribution in [-0.4, -0.2) is 34.7 Å². The van der Waals surface area contributed by atoms with Crippen molar-refractivity contribution in [2.24, 2.45) is 11.8 Å². The highest BCUT2D eigenvalue weighted by molar-refractivity contribution is 5.91.